The average Bonchev–Trinajstić information content (AvgIpc) is 3.04. The van der Waals surface area contributed by atoms with E-state index < -0.39 is 0 Å². The minimum atomic E-state index is -0.0744. The van der Waals surface area contributed by atoms with Gasteiger partial charge in [-0.15, -0.1) is 0 Å². The lowest BCUT2D eigenvalue weighted by atomic mass is 10.1. The highest BCUT2D eigenvalue weighted by atomic mass is 35.5. The van der Waals surface area contributed by atoms with E-state index in [1.807, 2.05) is 37.3 Å². The molecular weight excluding hydrogens is 372 g/mol. The lowest BCUT2D eigenvalue weighted by molar-refractivity contribution is 0.0948. The number of ether oxygens (including phenoxy) is 1. The van der Waals surface area contributed by atoms with Crippen LogP contribution in [0.15, 0.2) is 54.6 Å². The van der Waals surface area contributed by atoms with Gasteiger partial charge in [0.1, 0.15) is 0 Å². The van der Waals surface area contributed by atoms with E-state index >= 15 is 0 Å². The predicted octanol–water partition coefficient (Wildman–Crippen LogP) is 5.18. The Morgan fingerprint density at radius 2 is 1.75 bits per heavy atom. The predicted molar refractivity (Wildman–Crippen MR) is 115 cm³/mol. The highest BCUT2D eigenvalue weighted by Gasteiger charge is 2.19. The zero-order valence-electron chi connectivity index (χ0n) is 16.5. The molecule has 0 fully saturated rings. The number of methoxy groups -OCH3 is 1. The van der Waals surface area contributed by atoms with Crippen molar-refractivity contribution in [3.8, 4) is 16.9 Å². The molecule has 0 spiro atoms. The summed E-state index contributed by atoms with van der Waals surface area (Å²) < 4.78 is 7.16. The second-order valence-corrected chi connectivity index (χ2v) is 7.25. The van der Waals surface area contributed by atoms with Crippen LogP contribution in [0.5, 0.6) is 0 Å². The molecule has 0 aliphatic carbocycles. The summed E-state index contributed by atoms with van der Waals surface area (Å²) in [5.41, 5.74) is 5.75. The van der Waals surface area contributed by atoms with Gasteiger partial charge in [-0.1, -0.05) is 41.4 Å². The molecule has 0 aliphatic heterocycles. The van der Waals surface area contributed by atoms with E-state index in [-0.39, 0.29) is 5.91 Å². The Hall–Kier alpha value is -2.56. The number of aromatic nitrogens is 1. The maximum absolute atomic E-state index is 12.8. The zero-order chi connectivity index (χ0) is 20.1. The van der Waals surface area contributed by atoms with Gasteiger partial charge in [0, 0.05) is 36.7 Å². The molecule has 146 valence electrons. The van der Waals surface area contributed by atoms with Crippen LogP contribution in [0.2, 0.25) is 5.02 Å². The van der Waals surface area contributed by atoms with Crippen LogP contribution in [-0.2, 0) is 4.74 Å². The van der Waals surface area contributed by atoms with Crippen LogP contribution in [0.25, 0.3) is 16.9 Å². The largest absolute Gasteiger partial charge is 0.385 e. The van der Waals surface area contributed by atoms with E-state index in [0.29, 0.717) is 23.7 Å². The normalized spacial score (nSPS) is 10.9. The zero-order valence-corrected chi connectivity index (χ0v) is 17.2. The van der Waals surface area contributed by atoms with Gasteiger partial charge in [0.15, 0.2) is 0 Å². The fourth-order valence-electron chi connectivity index (χ4n) is 3.21. The third kappa shape index (κ3) is 4.46. The molecule has 1 N–H and O–H groups in total. The first-order valence-corrected chi connectivity index (χ1v) is 9.71. The van der Waals surface area contributed by atoms with Crippen molar-refractivity contribution in [3.05, 3.63) is 76.4 Å². The van der Waals surface area contributed by atoms with E-state index in [1.54, 1.807) is 7.11 Å². The molecule has 1 amide bonds. The minimum Gasteiger partial charge on any atom is -0.385 e. The molecule has 2 aromatic carbocycles. The molecule has 5 heteroatoms. The summed E-state index contributed by atoms with van der Waals surface area (Å²) in [5, 5.41) is 3.67. The molecule has 0 saturated heterocycles. The Labute approximate surface area is 171 Å². The smallest absolute Gasteiger partial charge is 0.253 e. The number of carbonyl (C=O) groups is 1. The van der Waals surface area contributed by atoms with E-state index in [4.69, 9.17) is 16.3 Å². The monoisotopic (exact) mass is 396 g/mol. The summed E-state index contributed by atoms with van der Waals surface area (Å²) in [7, 11) is 1.66. The number of halogens is 1. The number of hydrogen-bond donors (Lipinski definition) is 1. The molecule has 0 atom stereocenters. The molecule has 0 radical (unpaired) electrons. The van der Waals surface area contributed by atoms with E-state index in [0.717, 1.165) is 29.1 Å². The molecular formula is C23H25ClN2O2. The van der Waals surface area contributed by atoms with Crippen LogP contribution >= 0.6 is 11.6 Å². The Bertz CT molecular complexity index is 944. The third-order valence-corrected chi connectivity index (χ3v) is 4.99. The standard InChI is InChI=1S/C23H25ClN2O2/c1-16-5-11-20(12-6-16)26-17(2)21(23(27)25-13-4-14-28-3)15-22(26)18-7-9-19(24)10-8-18/h5-12,15H,4,13-14H2,1-3H3,(H,25,27). The van der Waals surface area contributed by atoms with Gasteiger partial charge in [-0.2, -0.15) is 0 Å². The number of hydrogen-bond acceptors (Lipinski definition) is 2. The minimum absolute atomic E-state index is 0.0744. The van der Waals surface area contributed by atoms with Crippen molar-refractivity contribution in [2.75, 3.05) is 20.3 Å². The van der Waals surface area contributed by atoms with Crippen LogP contribution in [0.1, 0.15) is 28.0 Å². The topological polar surface area (TPSA) is 43.3 Å². The first-order chi connectivity index (χ1) is 13.5. The lowest BCUT2D eigenvalue weighted by Crippen LogP contribution is -2.25. The second kappa shape index (κ2) is 9.09. The number of rotatable bonds is 7. The molecule has 3 rings (SSSR count). The van der Waals surface area contributed by atoms with Crippen LogP contribution < -0.4 is 5.32 Å². The molecule has 4 nitrogen and oxygen atoms in total. The number of amides is 1. The fourth-order valence-corrected chi connectivity index (χ4v) is 3.34. The van der Waals surface area contributed by atoms with Crippen molar-refractivity contribution >= 4 is 17.5 Å². The van der Waals surface area contributed by atoms with Crippen LogP contribution in [0.3, 0.4) is 0 Å². The van der Waals surface area contributed by atoms with Gasteiger partial charge in [0.25, 0.3) is 5.91 Å². The van der Waals surface area contributed by atoms with Gasteiger partial charge >= 0.3 is 0 Å². The summed E-state index contributed by atoms with van der Waals surface area (Å²) in [6, 6.07) is 17.9. The lowest BCUT2D eigenvalue weighted by Gasteiger charge is -2.13. The summed E-state index contributed by atoms with van der Waals surface area (Å²) >= 11 is 6.06. The molecule has 0 unspecified atom stereocenters. The molecule has 0 bridgehead atoms. The van der Waals surface area contributed by atoms with Crippen molar-refractivity contribution < 1.29 is 9.53 Å². The van der Waals surface area contributed by atoms with E-state index in [9.17, 15) is 4.79 Å². The van der Waals surface area contributed by atoms with Crippen LogP contribution in [-0.4, -0.2) is 30.7 Å². The summed E-state index contributed by atoms with van der Waals surface area (Å²) in [6.07, 6.45) is 0.782. The van der Waals surface area contributed by atoms with Gasteiger partial charge in [-0.3, -0.25) is 4.79 Å². The Morgan fingerprint density at radius 3 is 2.39 bits per heavy atom. The number of nitrogens with zero attached hydrogens (tertiary/aromatic N) is 1. The maximum atomic E-state index is 12.8. The number of aryl methyl sites for hydroxylation is 1. The molecule has 1 heterocycles. The molecule has 0 aliphatic rings. The van der Waals surface area contributed by atoms with Gasteiger partial charge in [-0.25, -0.2) is 0 Å². The number of benzene rings is 2. The van der Waals surface area contributed by atoms with Crippen molar-refractivity contribution in [2.45, 2.75) is 20.3 Å². The summed E-state index contributed by atoms with van der Waals surface area (Å²) in [4.78, 5) is 12.8. The second-order valence-electron chi connectivity index (χ2n) is 6.81. The van der Waals surface area contributed by atoms with Gasteiger partial charge in [0.05, 0.1) is 11.3 Å². The molecule has 28 heavy (non-hydrogen) atoms. The van der Waals surface area contributed by atoms with Crippen molar-refractivity contribution in [2.24, 2.45) is 0 Å². The first kappa shape index (κ1) is 20.2. The fraction of sp³-hybridized carbons (Fsp3) is 0.261. The van der Waals surface area contributed by atoms with Crippen LogP contribution in [0.4, 0.5) is 0 Å². The Kier molecular flexibility index (Phi) is 6.55. The number of nitrogens with one attached hydrogen (secondary N) is 1. The average molecular weight is 397 g/mol. The van der Waals surface area contributed by atoms with Gasteiger partial charge in [-0.05, 0) is 56.2 Å². The molecule has 3 aromatic rings. The van der Waals surface area contributed by atoms with Gasteiger partial charge in [0.2, 0.25) is 0 Å². The van der Waals surface area contributed by atoms with Crippen molar-refractivity contribution in [1.29, 1.82) is 0 Å². The van der Waals surface area contributed by atoms with E-state index in [2.05, 4.69) is 41.1 Å². The van der Waals surface area contributed by atoms with Crippen LogP contribution in [0, 0.1) is 13.8 Å². The quantitative estimate of drug-likeness (QED) is 0.559. The van der Waals surface area contributed by atoms with Gasteiger partial charge < -0.3 is 14.6 Å². The third-order valence-electron chi connectivity index (χ3n) is 4.73. The number of carbonyl (C=O) groups excluding carboxylic acids is 1. The summed E-state index contributed by atoms with van der Waals surface area (Å²) in [5.74, 6) is -0.0744. The molecule has 0 saturated carbocycles. The SMILES string of the molecule is COCCCNC(=O)c1cc(-c2ccc(Cl)cc2)n(-c2ccc(C)cc2)c1C. The van der Waals surface area contributed by atoms with Crippen molar-refractivity contribution in [1.82, 2.24) is 9.88 Å². The maximum Gasteiger partial charge on any atom is 0.253 e. The Morgan fingerprint density at radius 1 is 1.07 bits per heavy atom. The molecule has 1 aromatic heterocycles. The summed E-state index contributed by atoms with van der Waals surface area (Å²) in [6.45, 7) is 5.24. The van der Waals surface area contributed by atoms with E-state index in [1.165, 1.54) is 5.56 Å². The highest BCUT2D eigenvalue weighted by molar-refractivity contribution is 6.30. The highest BCUT2D eigenvalue weighted by Crippen LogP contribution is 2.30. The Balaban J connectivity index is 2.03. The van der Waals surface area contributed by atoms with Crippen molar-refractivity contribution in [3.63, 3.8) is 0 Å². The first-order valence-electron chi connectivity index (χ1n) is 9.33.